The first-order valence-corrected chi connectivity index (χ1v) is 5.64. The Kier molecular flexibility index (Phi) is 10.9. The van der Waals surface area contributed by atoms with Crippen molar-refractivity contribution < 1.29 is 9.84 Å². The van der Waals surface area contributed by atoms with E-state index in [1.807, 2.05) is 0 Å². The summed E-state index contributed by atoms with van der Waals surface area (Å²) in [6.07, 6.45) is 5.57. The molecule has 1 atom stereocenters. The normalized spacial score (nSPS) is 13.1. The standard InChI is InChI=1S/C11H25NO2/c1-11(7-6-9-13)12-8-4-3-5-10-14-2/h11-13H,3-10H2,1-2H3. The van der Waals surface area contributed by atoms with Gasteiger partial charge in [-0.25, -0.2) is 0 Å². The largest absolute Gasteiger partial charge is 0.396 e. The molecule has 0 saturated heterocycles. The average Bonchev–Trinajstić information content (AvgIpc) is 2.20. The fraction of sp³-hybridized carbons (Fsp3) is 1.00. The second kappa shape index (κ2) is 11.0. The summed E-state index contributed by atoms with van der Waals surface area (Å²) in [5.41, 5.74) is 0. The van der Waals surface area contributed by atoms with Crippen LogP contribution in [0.2, 0.25) is 0 Å². The molecule has 0 aliphatic rings. The minimum absolute atomic E-state index is 0.305. The summed E-state index contributed by atoms with van der Waals surface area (Å²) in [6, 6.07) is 0.532. The second-order valence-electron chi connectivity index (χ2n) is 3.77. The minimum Gasteiger partial charge on any atom is -0.396 e. The first kappa shape index (κ1) is 13.9. The van der Waals surface area contributed by atoms with Crippen LogP contribution >= 0.6 is 0 Å². The smallest absolute Gasteiger partial charge is 0.0462 e. The lowest BCUT2D eigenvalue weighted by molar-refractivity contribution is 0.192. The first-order valence-electron chi connectivity index (χ1n) is 5.64. The Morgan fingerprint density at radius 2 is 2.00 bits per heavy atom. The van der Waals surface area contributed by atoms with E-state index >= 15 is 0 Å². The van der Waals surface area contributed by atoms with Gasteiger partial charge < -0.3 is 15.2 Å². The van der Waals surface area contributed by atoms with Gasteiger partial charge in [0, 0.05) is 26.4 Å². The molecule has 3 nitrogen and oxygen atoms in total. The molecule has 1 unspecified atom stereocenters. The van der Waals surface area contributed by atoms with E-state index in [9.17, 15) is 0 Å². The van der Waals surface area contributed by atoms with Crippen LogP contribution in [-0.4, -0.2) is 38.0 Å². The van der Waals surface area contributed by atoms with Gasteiger partial charge in [-0.3, -0.25) is 0 Å². The molecule has 0 aromatic rings. The number of rotatable bonds is 10. The number of aliphatic hydroxyl groups is 1. The molecule has 0 heterocycles. The third-order valence-electron chi connectivity index (χ3n) is 2.31. The van der Waals surface area contributed by atoms with Crippen molar-refractivity contribution in [3.8, 4) is 0 Å². The zero-order valence-electron chi connectivity index (χ0n) is 9.59. The fourth-order valence-electron chi connectivity index (χ4n) is 1.40. The molecule has 0 aromatic heterocycles. The number of unbranched alkanes of at least 4 members (excludes halogenated alkanes) is 2. The Hall–Kier alpha value is -0.120. The van der Waals surface area contributed by atoms with Gasteiger partial charge >= 0.3 is 0 Å². The van der Waals surface area contributed by atoms with E-state index in [2.05, 4.69) is 12.2 Å². The van der Waals surface area contributed by atoms with Crippen LogP contribution in [0, 0.1) is 0 Å². The maximum Gasteiger partial charge on any atom is 0.0462 e. The highest BCUT2D eigenvalue weighted by Crippen LogP contribution is 1.97. The van der Waals surface area contributed by atoms with Crippen molar-refractivity contribution in [2.45, 2.75) is 45.1 Å². The minimum atomic E-state index is 0.305. The van der Waals surface area contributed by atoms with Gasteiger partial charge in [0.25, 0.3) is 0 Å². The number of hydrogen-bond acceptors (Lipinski definition) is 3. The van der Waals surface area contributed by atoms with Crippen molar-refractivity contribution in [3.05, 3.63) is 0 Å². The number of ether oxygens (including phenoxy) is 1. The zero-order chi connectivity index (χ0) is 10.6. The predicted molar refractivity (Wildman–Crippen MR) is 59.5 cm³/mol. The monoisotopic (exact) mass is 203 g/mol. The van der Waals surface area contributed by atoms with Crippen molar-refractivity contribution in [2.24, 2.45) is 0 Å². The molecule has 0 aliphatic carbocycles. The van der Waals surface area contributed by atoms with Crippen molar-refractivity contribution in [1.82, 2.24) is 5.32 Å². The predicted octanol–water partition coefficient (Wildman–Crippen LogP) is 1.55. The van der Waals surface area contributed by atoms with Gasteiger partial charge in [-0.15, -0.1) is 0 Å². The third-order valence-corrected chi connectivity index (χ3v) is 2.31. The average molecular weight is 203 g/mol. The Balaban J connectivity index is 3.02. The molecule has 0 fully saturated rings. The molecule has 0 bridgehead atoms. The van der Waals surface area contributed by atoms with Crippen molar-refractivity contribution in [2.75, 3.05) is 26.9 Å². The van der Waals surface area contributed by atoms with Crippen LogP contribution in [-0.2, 0) is 4.74 Å². The van der Waals surface area contributed by atoms with E-state index in [1.54, 1.807) is 7.11 Å². The summed E-state index contributed by atoms with van der Waals surface area (Å²) >= 11 is 0. The molecular weight excluding hydrogens is 178 g/mol. The van der Waals surface area contributed by atoms with Crippen LogP contribution in [0.4, 0.5) is 0 Å². The van der Waals surface area contributed by atoms with E-state index in [4.69, 9.17) is 9.84 Å². The van der Waals surface area contributed by atoms with Crippen LogP contribution < -0.4 is 5.32 Å². The highest BCUT2D eigenvalue weighted by molar-refractivity contribution is 4.60. The zero-order valence-corrected chi connectivity index (χ0v) is 9.59. The first-order chi connectivity index (χ1) is 6.81. The Morgan fingerprint density at radius 3 is 2.64 bits per heavy atom. The third kappa shape index (κ3) is 9.96. The van der Waals surface area contributed by atoms with Crippen LogP contribution in [0.15, 0.2) is 0 Å². The number of aliphatic hydroxyl groups excluding tert-OH is 1. The number of methoxy groups -OCH3 is 1. The maximum absolute atomic E-state index is 8.64. The quantitative estimate of drug-likeness (QED) is 0.529. The molecule has 0 aliphatic heterocycles. The summed E-state index contributed by atoms with van der Waals surface area (Å²) < 4.78 is 4.97. The van der Waals surface area contributed by atoms with Gasteiger partial charge in [-0.05, 0) is 45.6 Å². The molecule has 2 N–H and O–H groups in total. The molecule has 0 spiro atoms. The summed E-state index contributed by atoms with van der Waals surface area (Å²) in [5, 5.41) is 12.1. The van der Waals surface area contributed by atoms with Crippen molar-refractivity contribution in [3.63, 3.8) is 0 Å². The van der Waals surface area contributed by atoms with Crippen LogP contribution in [0.1, 0.15) is 39.0 Å². The second-order valence-corrected chi connectivity index (χ2v) is 3.77. The number of nitrogens with one attached hydrogen (secondary N) is 1. The van der Waals surface area contributed by atoms with E-state index in [-0.39, 0.29) is 0 Å². The lowest BCUT2D eigenvalue weighted by atomic mass is 10.2. The van der Waals surface area contributed by atoms with Crippen LogP contribution in [0.5, 0.6) is 0 Å². The van der Waals surface area contributed by atoms with Gasteiger partial charge in [0.05, 0.1) is 0 Å². The van der Waals surface area contributed by atoms with Gasteiger partial charge in [0.15, 0.2) is 0 Å². The highest BCUT2D eigenvalue weighted by Gasteiger charge is 1.99. The Labute approximate surface area is 87.8 Å². The highest BCUT2D eigenvalue weighted by atomic mass is 16.5. The molecule has 86 valence electrons. The summed E-state index contributed by atoms with van der Waals surface area (Å²) in [4.78, 5) is 0. The molecular formula is C11H25NO2. The van der Waals surface area contributed by atoms with E-state index in [1.165, 1.54) is 12.8 Å². The van der Waals surface area contributed by atoms with Crippen molar-refractivity contribution >= 4 is 0 Å². The molecule has 3 heteroatoms. The summed E-state index contributed by atoms with van der Waals surface area (Å²) in [6.45, 7) is 4.43. The topological polar surface area (TPSA) is 41.5 Å². The van der Waals surface area contributed by atoms with Crippen LogP contribution in [0.3, 0.4) is 0 Å². The van der Waals surface area contributed by atoms with E-state index in [0.29, 0.717) is 12.6 Å². The molecule has 0 aromatic carbocycles. The van der Waals surface area contributed by atoms with Gasteiger partial charge in [0.2, 0.25) is 0 Å². The summed E-state index contributed by atoms with van der Waals surface area (Å²) in [5.74, 6) is 0. The molecule has 0 amide bonds. The van der Waals surface area contributed by atoms with Gasteiger partial charge in [0.1, 0.15) is 0 Å². The molecule has 0 radical (unpaired) electrons. The maximum atomic E-state index is 8.64. The van der Waals surface area contributed by atoms with Crippen molar-refractivity contribution in [1.29, 1.82) is 0 Å². The summed E-state index contributed by atoms with van der Waals surface area (Å²) in [7, 11) is 1.75. The molecule has 0 saturated carbocycles. The lowest BCUT2D eigenvalue weighted by Crippen LogP contribution is -2.27. The Bertz CT molecular complexity index is 109. The Morgan fingerprint density at radius 1 is 1.21 bits per heavy atom. The molecule has 0 rings (SSSR count). The van der Waals surface area contributed by atoms with E-state index in [0.717, 1.165) is 32.4 Å². The van der Waals surface area contributed by atoms with E-state index < -0.39 is 0 Å². The molecule has 14 heavy (non-hydrogen) atoms. The SMILES string of the molecule is COCCCCCNC(C)CCCO. The lowest BCUT2D eigenvalue weighted by Gasteiger charge is -2.12. The van der Waals surface area contributed by atoms with Crippen LogP contribution in [0.25, 0.3) is 0 Å². The number of hydrogen-bond donors (Lipinski definition) is 2. The van der Waals surface area contributed by atoms with Gasteiger partial charge in [-0.2, -0.15) is 0 Å². The van der Waals surface area contributed by atoms with Gasteiger partial charge in [-0.1, -0.05) is 0 Å². The fourth-order valence-corrected chi connectivity index (χ4v) is 1.40.